The fourth-order valence-corrected chi connectivity index (χ4v) is 3.21. The molecule has 1 aromatic rings. The van der Waals surface area contributed by atoms with Crippen LogP contribution in [0.5, 0.6) is 0 Å². The van der Waals surface area contributed by atoms with Crippen molar-refractivity contribution in [3.05, 3.63) is 5.69 Å². The molecule has 0 bridgehead atoms. The number of nitrogens with one attached hydrogen (secondary N) is 1. The molecule has 1 fully saturated rings. The fourth-order valence-electron chi connectivity index (χ4n) is 3.21. The summed E-state index contributed by atoms with van der Waals surface area (Å²) < 4.78 is 2.03. The van der Waals surface area contributed by atoms with Crippen LogP contribution in [0.3, 0.4) is 0 Å². The molecule has 1 saturated carbocycles. The van der Waals surface area contributed by atoms with Gasteiger partial charge in [0.25, 0.3) is 0 Å². The van der Waals surface area contributed by atoms with Gasteiger partial charge in [-0.1, -0.05) is 26.7 Å². The Morgan fingerprint density at radius 3 is 2.58 bits per heavy atom. The van der Waals surface area contributed by atoms with Crippen LogP contribution >= 0.6 is 0 Å². The van der Waals surface area contributed by atoms with Gasteiger partial charge in [-0.15, -0.1) is 0 Å². The number of nitrogens with two attached hydrogens (primary N) is 1. The Hall–Kier alpha value is -1.19. The van der Waals surface area contributed by atoms with E-state index < -0.39 is 0 Å². The summed E-state index contributed by atoms with van der Waals surface area (Å²) in [5.41, 5.74) is 8.39. The molecular formula is C15H28N4. The van der Waals surface area contributed by atoms with E-state index in [1.807, 2.05) is 11.6 Å². The van der Waals surface area contributed by atoms with Crippen molar-refractivity contribution in [1.29, 1.82) is 0 Å². The van der Waals surface area contributed by atoms with Gasteiger partial charge in [0.15, 0.2) is 0 Å². The Bertz CT molecular complexity index is 416. The first-order valence-electron chi connectivity index (χ1n) is 7.68. The molecule has 0 aliphatic heterocycles. The molecule has 0 atom stereocenters. The molecule has 0 spiro atoms. The Morgan fingerprint density at radius 1 is 1.32 bits per heavy atom. The lowest BCUT2D eigenvalue weighted by molar-refractivity contribution is 0.306. The summed E-state index contributed by atoms with van der Waals surface area (Å²) in [5.74, 6) is 1.03. The van der Waals surface area contributed by atoms with Crippen LogP contribution in [-0.2, 0) is 6.54 Å². The van der Waals surface area contributed by atoms with E-state index in [1.165, 1.54) is 32.1 Å². The highest BCUT2D eigenvalue weighted by Gasteiger charge is 2.32. The summed E-state index contributed by atoms with van der Waals surface area (Å²) in [6.07, 6.45) is 7.76. The molecular weight excluding hydrogens is 236 g/mol. The van der Waals surface area contributed by atoms with Crippen molar-refractivity contribution < 1.29 is 0 Å². The maximum atomic E-state index is 6.16. The minimum Gasteiger partial charge on any atom is -0.394 e. The number of rotatable bonds is 6. The third-order valence-corrected chi connectivity index (χ3v) is 4.65. The third-order valence-electron chi connectivity index (χ3n) is 4.65. The zero-order valence-corrected chi connectivity index (χ0v) is 12.6. The predicted octanol–water partition coefficient (Wildman–Crippen LogP) is 3.57. The fraction of sp³-hybridized carbons (Fsp3) is 0.800. The molecule has 0 unspecified atom stereocenters. The van der Waals surface area contributed by atoms with Crippen molar-refractivity contribution in [3.63, 3.8) is 0 Å². The number of nitrogen functional groups attached to an aromatic ring is 1. The summed E-state index contributed by atoms with van der Waals surface area (Å²) in [5, 5.41) is 8.12. The van der Waals surface area contributed by atoms with E-state index in [9.17, 15) is 0 Å². The normalized spacial score (nSPS) is 17.8. The maximum Gasteiger partial charge on any atom is 0.148 e. The first kappa shape index (κ1) is 14.2. The average Bonchev–Trinajstić information content (AvgIpc) is 2.97. The SMILES string of the molecule is CCCn1nc(C)c(N)c1NCC1(CC)CCCC1. The van der Waals surface area contributed by atoms with E-state index in [0.717, 1.165) is 36.7 Å². The van der Waals surface area contributed by atoms with E-state index in [4.69, 9.17) is 5.73 Å². The van der Waals surface area contributed by atoms with Crippen LogP contribution in [0, 0.1) is 12.3 Å². The van der Waals surface area contributed by atoms with Crippen molar-refractivity contribution >= 4 is 11.5 Å². The quantitative estimate of drug-likeness (QED) is 0.826. The average molecular weight is 264 g/mol. The number of nitrogens with zero attached hydrogens (tertiary/aromatic N) is 2. The zero-order chi connectivity index (χ0) is 13.9. The van der Waals surface area contributed by atoms with Crippen molar-refractivity contribution in [2.45, 2.75) is 65.8 Å². The van der Waals surface area contributed by atoms with Crippen LogP contribution in [0.2, 0.25) is 0 Å². The van der Waals surface area contributed by atoms with Gasteiger partial charge < -0.3 is 11.1 Å². The van der Waals surface area contributed by atoms with Crippen molar-refractivity contribution in [3.8, 4) is 0 Å². The van der Waals surface area contributed by atoms with E-state index in [-0.39, 0.29) is 0 Å². The van der Waals surface area contributed by atoms with Gasteiger partial charge >= 0.3 is 0 Å². The van der Waals surface area contributed by atoms with Crippen LogP contribution < -0.4 is 11.1 Å². The Labute approximate surface area is 116 Å². The zero-order valence-electron chi connectivity index (χ0n) is 12.6. The molecule has 108 valence electrons. The Kier molecular flexibility index (Phi) is 4.38. The first-order chi connectivity index (χ1) is 9.12. The van der Waals surface area contributed by atoms with Gasteiger partial charge in [0.1, 0.15) is 5.82 Å². The number of aryl methyl sites for hydroxylation is 2. The number of aromatic nitrogens is 2. The lowest BCUT2D eigenvalue weighted by Crippen LogP contribution is -2.27. The van der Waals surface area contributed by atoms with E-state index >= 15 is 0 Å². The number of hydrogen-bond acceptors (Lipinski definition) is 3. The van der Waals surface area contributed by atoms with Crippen LogP contribution in [0.1, 0.15) is 58.1 Å². The minimum atomic E-state index is 0.474. The van der Waals surface area contributed by atoms with Gasteiger partial charge in [-0.05, 0) is 38.0 Å². The van der Waals surface area contributed by atoms with Gasteiger partial charge in [-0.25, -0.2) is 4.68 Å². The molecule has 1 aromatic heterocycles. The van der Waals surface area contributed by atoms with Gasteiger partial charge in [-0.2, -0.15) is 5.10 Å². The first-order valence-corrected chi connectivity index (χ1v) is 7.68. The smallest absolute Gasteiger partial charge is 0.148 e. The standard InChI is InChI=1S/C15H28N4/c1-4-10-19-14(13(16)12(3)18-19)17-11-15(5-2)8-6-7-9-15/h17H,4-11,16H2,1-3H3. The summed E-state index contributed by atoms with van der Waals surface area (Å²) in [7, 11) is 0. The molecule has 0 amide bonds. The second kappa shape index (κ2) is 5.85. The highest BCUT2D eigenvalue weighted by molar-refractivity contribution is 5.64. The molecule has 1 aliphatic carbocycles. The molecule has 4 nitrogen and oxygen atoms in total. The van der Waals surface area contributed by atoms with Gasteiger partial charge in [0.2, 0.25) is 0 Å². The van der Waals surface area contributed by atoms with E-state index in [0.29, 0.717) is 5.41 Å². The van der Waals surface area contributed by atoms with Crippen molar-refractivity contribution in [1.82, 2.24) is 9.78 Å². The number of anilines is 2. The van der Waals surface area contributed by atoms with Gasteiger partial charge in [-0.3, -0.25) is 0 Å². The van der Waals surface area contributed by atoms with Crippen molar-refractivity contribution in [2.24, 2.45) is 5.41 Å². The Balaban J connectivity index is 2.10. The Morgan fingerprint density at radius 2 is 2.00 bits per heavy atom. The highest BCUT2D eigenvalue weighted by atomic mass is 15.3. The van der Waals surface area contributed by atoms with Gasteiger partial charge in [0.05, 0.1) is 11.4 Å². The molecule has 19 heavy (non-hydrogen) atoms. The summed E-state index contributed by atoms with van der Waals surface area (Å²) in [6.45, 7) is 8.42. The minimum absolute atomic E-state index is 0.474. The van der Waals surface area contributed by atoms with Crippen LogP contribution in [0.4, 0.5) is 11.5 Å². The molecule has 0 saturated heterocycles. The topological polar surface area (TPSA) is 55.9 Å². The maximum absolute atomic E-state index is 6.16. The summed E-state index contributed by atoms with van der Waals surface area (Å²) in [4.78, 5) is 0. The second-order valence-electron chi connectivity index (χ2n) is 5.99. The molecule has 4 heteroatoms. The lowest BCUT2D eigenvalue weighted by Gasteiger charge is -2.28. The highest BCUT2D eigenvalue weighted by Crippen LogP contribution is 2.41. The molecule has 0 radical (unpaired) electrons. The van der Waals surface area contributed by atoms with Crippen LogP contribution in [0.25, 0.3) is 0 Å². The predicted molar refractivity (Wildman–Crippen MR) is 81.3 cm³/mol. The van der Waals surface area contributed by atoms with E-state index in [1.54, 1.807) is 0 Å². The largest absolute Gasteiger partial charge is 0.394 e. The molecule has 3 N–H and O–H groups in total. The monoisotopic (exact) mass is 264 g/mol. The molecule has 2 rings (SSSR count). The molecule has 1 aliphatic rings. The third kappa shape index (κ3) is 2.88. The molecule has 1 heterocycles. The van der Waals surface area contributed by atoms with Gasteiger partial charge in [0, 0.05) is 13.1 Å². The second-order valence-corrected chi connectivity index (χ2v) is 5.99. The lowest BCUT2D eigenvalue weighted by atomic mass is 9.83. The van der Waals surface area contributed by atoms with E-state index in [2.05, 4.69) is 24.3 Å². The summed E-state index contributed by atoms with van der Waals surface area (Å²) in [6, 6.07) is 0. The van der Waals surface area contributed by atoms with Crippen LogP contribution in [-0.4, -0.2) is 16.3 Å². The van der Waals surface area contributed by atoms with Crippen LogP contribution in [0.15, 0.2) is 0 Å². The van der Waals surface area contributed by atoms with Crippen molar-refractivity contribution in [2.75, 3.05) is 17.6 Å². The molecule has 0 aromatic carbocycles. The summed E-state index contributed by atoms with van der Waals surface area (Å²) >= 11 is 0. The number of hydrogen-bond donors (Lipinski definition) is 2.